The van der Waals surface area contributed by atoms with Crippen molar-refractivity contribution in [3.8, 4) is 5.75 Å². The maximum Gasteiger partial charge on any atom is 0.309 e. The average molecular weight is 469 g/mol. The van der Waals surface area contributed by atoms with E-state index in [1.807, 2.05) is 4.90 Å². The molecule has 11 nitrogen and oxygen atoms in total. The predicted octanol–water partition coefficient (Wildman–Crippen LogP) is 1.62. The molecule has 1 fully saturated rings. The van der Waals surface area contributed by atoms with Gasteiger partial charge in [-0.3, -0.25) is 24.2 Å². The van der Waals surface area contributed by atoms with Crippen LogP contribution in [-0.4, -0.2) is 54.6 Å². The maximum atomic E-state index is 13.0. The highest BCUT2D eigenvalue weighted by Crippen LogP contribution is 2.31. The lowest BCUT2D eigenvalue weighted by molar-refractivity contribution is -0.148. The standard InChI is InChI=1S/C23H27N5O6/c1-3-34-22(32)13-8-10-28(11-9-13)23-26-19-18(21(31)27-23)16(12-17(29)25-19)20(30)24-14-4-6-15(33-2)7-5-14/h4-7,13,16H,3,8-12H2,1-2H3,(H,24,30)(H2,25,26,27,29,31)/t16-/m0/s1. The van der Waals surface area contributed by atoms with E-state index in [2.05, 4.69) is 20.6 Å². The third-order valence-electron chi connectivity index (χ3n) is 6.03. The molecule has 2 aliphatic rings. The first-order valence-corrected chi connectivity index (χ1v) is 11.2. The Labute approximate surface area is 195 Å². The van der Waals surface area contributed by atoms with Crippen LogP contribution in [0.3, 0.4) is 0 Å². The topological polar surface area (TPSA) is 143 Å². The van der Waals surface area contributed by atoms with Gasteiger partial charge in [0, 0.05) is 25.2 Å². The minimum Gasteiger partial charge on any atom is -0.497 e. The number of methoxy groups -OCH3 is 1. The minimum absolute atomic E-state index is 0.0809. The van der Waals surface area contributed by atoms with Crippen LogP contribution in [0.4, 0.5) is 17.5 Å². The van der Waals surface area contributed by atoms with Crippen LogP contribution in [0, 0.1) is 5.92 Å². The smallest absolute Gasteiger partial charge is 0.309 e. The van der Waals surface area contributed by atoms with Crippen LogP contribution in [0.1, 0.15) is 37.7 Å². The Morgan fingerprint density at radius 1 is 1.18 bits per heavy atom. The van der Waals surface area contributed by atoms with Gasteiger partial charge in [-0.05, 0) is 44.0 Å². The quantitative estimate of drug-likeness (QED) is 0.542. The first-order valence-electron chi connectivity index (χ1n) is 11.2. The van der Waals surface area contributed by atoms with E-state index in [9.17, 15) is 19.2 Å². The molecule has 0 aliphatic carbocycles. The van der Waals surface area contributed by atoms with Crippen molar-refractivity contribution in [2.45, 2.75) is 32.1 Å². The first-order chi connectivity index (χ1) is 16.4. The lowest BCUT2D eigenvalue weighted by Crippen LogP contribution is -2.41. The highest BCUT2D eigenvalue weighted by atomic mass is 16.5. The SMILES string of the molecule is CCOC(=O)C1CCN(c2nc3c(c(=O)[nH]2)[C@@H](C(=O)Nc2ccc(OC)cc2)CC(=O)N3)CC1. The normalized spacial score (nSPS) is 18.0. The molecule has 0 radical (unpaired) electrons. The summed E-state index contributed by atoms with van der Waals surface area (Å²) >= 11 is 0. The zero-order chi connectivity index (χ0) is 24.2. The number of carbonyl (C=O) groups excluding carboxylic acids is 3. The fourth-order valence-corrected chi connectivity index (χ4v) is 4.22. The molecule has 1 atom stereocenters. The monoisotopic (exact) mass is 469 g/mol. The molecule has 1 aromatic heterocycles. The number of hydrogen-bond acceptors (Lipinski definition) is 8. The van der Waals surface area contributed by atoms with Gasteiger partial charge in [-0.2, -0.15) is 4.98 Å². The van der Waals surface area contributed by atoms with Crippen molar-refractivity contribution in [3.63, 3.8) is 0 Å². The summed E-state index contributed by atoms with van der Waals surface area (Å²) in [6.07, 6.45) is 0.974. The van der Waals surface area contributed by atoms with Crippen LogP contribution in [0.15, 0.2) is 29.1 Å². The molecule has 2 amide bonds. The number of nitrogens with one attached hydrogen (secondary N) is 3. The van der Waals surface area contributed by atoms with Crippen LogP contribution in [-0.2, 0) is 19.1 Å². The van der Waals surface area contributed by atoms with Gasteiger partial charge in [0.15, 0.2) is 0 Å². The van der Waals surface area contributed by atoms with Gasteiger partial charge in [-0.15, -0.1) is 0 Å². The number of piperidine rings is 1. The molecule has 34 heavy (non-hydrogen) atoms. The summed E-state index contributed by atoms with van der Waals surface area (Å²) in [5, 5.41) is 5.37. The van der Waals surface area contributed by atoms with Gasteiger partial charge in [-0.25, -0.2) is 0 Å². The number of fused-ring (bicyclic) bond motifs is 1. The molecule has 180 valence electrons. The summed E-state index contributed by atoms with van der Waals surface area (Å²) in [7, 11) is 1.54. The molecule has 2 aliphatic heterocycles. The minimum atomic E-state index is -0.981. The van der Waals surface area contributed by atoms with Crippen molar-refractivity contribution in [3.05, 3.63) is 40.2 Å². The Kier molecular flexibility index (Phi) is 6.80. The second-order valence-corrected chi connectivity index (χ2v) is 8.19. The summed E-state index contributed by atoms with van der Waals surface area (Å²) < 4.78 is 10.2. The predicted molar refractivity (Wildman–Crippen MR) is 124 cm³/mol. The summed E-state index contributed by atoms with van der Waals surface area (Å²) in [5.74, 6) is -1.24. The number of esters is 1. The Morgan fingerprint density at radius 3 is 2.53 bits per heavy atom. The largest absolute Gasteiger partial charge is 0.497 e. The highest BCUT2D eigenvalue weighted by molar-refractivity contribution is 6.04. The second-order valence-electron chi connectivity index (χ2n) is 8.19. The summed E-state index contributed by atoms with van der Waals surface area (Å²) in [5.41, 5.74) is 0.155. The molecule has 0 saturated carbocycles. The zero-order valence-electron chi connectivity index (χ0n) is 19.1. The lowest BCUT2D eigenvalue weighted by Gasteiger charge is -2.32. The summed E-state index contributed by atoms with van der Waals surface area (Å²) in [4.78, 5) is 59.3. The zero-order valence-corrected chi connectivity index (χ0v) is 19.1. The molecule has 1 aromatic carbocycles. The number of aromatic nitrogens is 2. The van der Waals surface area contributed by atoms with Gasteiger partial charge >= 0.3 is 5.97 Å². The van der Waals surface area contributed by atoms with Crippen LogP contribution in [0.25, 0.3) is 0 Å². The van der Waals surface area contributed by atoms with Crippen molar-refractivity contribution >= 4 is 35.2 Å². The first kappa shape index (κ1) is 23.3. The van der Waals surface area contributed by atoms with E-state index in [-0.39, 0.29) is 29.7 Å². The van der Waals surface area contributed by atoms with Crippen molar-refractivity contribution in [1.82, 2.24) is 9.97 Å². The van der Waals surface area contributed by atoms with Crippen molar-refractivity contribution in [2.24, 2.45) is 5.92 Å². The van der Waals surface area contributed by atoms with Crippen LogP contribution in [0.2, 0.25) is 0 Å². The molecular formula is C23H27N5O6. The van der Waals surface area contributed by atoms with E-state index in [1.165, 1.54) is 0 Å². The number of anilines is 3. The van der Waals surface area contributed by atoms with Crippen molar-refractivity contribution in [2.75, 3.05) is 42.3 Å². The van der Waals surface area contributed by atoms with Crippen molar-refractivity contribution in [1.29, 1.82) is 0 Å². The highest BCUT2D eigenvalue weighted by Gasteiger charge is 2.36. The molecule has 0 bridgehead atoms. The number of nitrogens with zero attached hydrogens (tertiary/aromatic N) is 2. The Morgan fingerprint density at radius 2 is 1.88 bits per heavy atom. The second kappa shape index (κ2) is 9.94. The van der Waals surface area contributed by atoms with E-state index < -0.39 is 23.3 Å². The molecule has 11 heteroatoms. The van der Waals surface area contributed by atoms with E-state index in [0.717, 1.165) is 0 Å². The molecule has 3 heterocycles. The number of amides is 2. The molecule has 3 N–H and O–H groups in total. The number of hydrogen-bond donors (Lipinski definition) is 3. The molecule has 0 spiro atoms. The maximum absolute atomic E-state index is 13.0. The fraction of sp³-hybridized carbons (Fsp3) is 0.435. The number of aromatic amines is 1. The summed E-state index contributed by atoms with van der Waals surface area (Å²) in [6, 6.07) is 6.74. The van der Waals surface area contributed by atoms with E-state index >= 15 is 0 Å². The van der Waals surface area contributed by atoms with E-state index in [4.69, 9.17) is 9.47 Å². The third kappa shape index (κ3) is 4.87. The van der Waals surface area contributed by atoms with Gasteiger partial charge < -0.3 is 25.0 Å². The molecule has 1 saturated heterocycles. The van der Waals surface area contributed by atoms with Gasteiger partial charge in [0.2, 0.25) is 17.8 Å². The lowest BCUT2D eigenvalue weighted by atomic mass is 9.92. The van der Waals surface area contributed by atoms with Gasteiger partial charge in [0.25, 0.3) is 5.56 Å². The number of ether oxygens (including phenoxy) is 2. The van der Waals surface area contributed by atoms with Crippen LogP contribution in [0.5, 0.6) is 5.75 Å². The third-order valence-corrected chi connectivity index (χ3v) is 6.03. The molecule has 2 aromatic rings. The molecular weight excluding hydrogens is 442 g/mol. The number of benzene rings is 1. The van der Waals surface area contributed by atoms with Gasteiger partial charge in [0.05, 0.1) is 31.1 Å². The number of carbonyl (C=O) groups is 3. The fourth-order valence-electron chi connectivity index (χ4n) is 4.22. The average Bonchev–Trinajstić information content (AvgIpc) is 2.84. The number of rotatable bonds is 6. The Bertz CT molecular complexity index is 1140. The van der Waals surface area contributed by atoms with E-state index in [1.54, 1.807) is 38.3 Å². The summed E-state index contributed by atoms with van der Waals surface area (Å²) in [6.45, 7) is 3.11. The molecule has 0 unspecified atom stereocenters. The molecule has 4 rings (SSSR count). The van der Waals surface area contributed by atoms with E-state index in [0.29, 0.717) is 49.9 Å². The van der Waals surface area contributed by atoms with Gasteiger partial charge in [-0.1, -0.05) is 0 Å². The Balaban J connectivity index is 1.52. The van der Waals surface area contributed by atoms with Crippen LogP contribution >= 0.6 is 0 Å². The van der Waals surface area contributed by atoms with Crippen LogP contribution < -0.4 is 25.8 Å². The number of H-pyrrole nitrogens is 1. The van der Waals surface area contributed by atoms with Gasteiger partial charge in [0.1, 0.15) is 11.6 Å². The Hall–Kier alpha value is -3.89. The van der Waals surface area contributed by atoms with Crippen molar-refractivity contribution < 1.29 is 23.9 Å².